The van der Waals surface area contributed by atoms with E-state index in [1.165, 1.54) is 6.92 Å². The molecule has 1 atom stereocenters. The maximum atomic E-state index is 12.2. The van der Waals surface area contributed by atoms with Crippen LogP contribution in [-0.2, 0) is 9.59 Å². The Bertz CT molecular complexity index is 311. The fourth-order valence-electron chi connectivity index (χ4n) is 2.25. The predicted octanol–water partition coefficient (Wildman–Crippen LogP) is 0.875. The highest BCUT2D eigenvalue weighted by molar-refractivity contribution is 5.90. The number of hydrogen-bond donors (Lipinski definition) is 3. The van der Waals surface area contributed by atoms with E-state index in [9.17, 15) is 9.59 Å². The average Bonchev–Trinajstić information content (AvgIpc) is 2.78. The van der Waals surface area contributed by atoms with Crippen molar-refractivity contribution in [2.24, 2.45) is 11.1 Å². The molecule has 1 aliphatic rings. The number of carbonyl (C=O) groups excluding carboxylic acids is 1. The number of carboxylic acids is 1. The Labute approximate surface area is 102 Å². The van der Waals surface area contributed by atoms with Gasteiger partial charge in [0.15, 0.2) is 0 Å². The molecule has 0 saturated heterocycles. The molecule has 98 valence electrons. The third kappa shape index (κ3) is 2.60. The van der Waals surface area contributed by atoms with Gasteiger partial charge >= 0.3 is 5.97 Å². The van der Waals surface area contributed by atoms with Crippen molar-refractivity contribution < 1.29 is 14.7 Å². The first-order valence-corrected chi connectivity index (χ1v) is 6.16. The average molecular weight is 242 g/mol. The van der Waals surface area contributed by atoms with Gasteiger partial charge in [-0.2, -0.15) is 0 Å². The zero-order valence-electron chi connectivity index (χ0n) is 10.6. The quantitative estimate of drug-likeness (QED) is 0.667. The maximum absolute atomic E-state index is 12.2. The first-order valence-electron chi connectivity index (χ1n) is 6.16. The molecular formula is C12H22N2O3. The summed E-state index contributed by atoms with van der Waals surface area (Å²) in [6.07, 6.45) is 3.85. The predicted molar refractivity (Wildman–Crippen MR) is 64.4 cm³/mol. The number of nitrogens with two attached hydrogens (primary N) is 1. The first kappa shape index (κ1) is 14.0. The molecule has 0 spiro atoms. The van der Waals surface area contributed by atoms with Gasteiger partial charge in [-0.1, -0.05) is 19.8 Å². The van der Waals surface area contributed by atoms with Crippen LogP contribution in [-0.4, -0.2) is 29.1 Å². The zero-order valence-corrected chi connectivity index (χ0v) is 10.6. The number of carboxylic acid groups (broad SMARTS) is 1. The standard InChI is InChI=1S/C12H22N2O3/c1-3-11(2,10(16)17)14-9(15)12(8-13)6-4-5-7-12/h3-8,13H2,1-2H3,(H,14,15)(H,16,17). The molecule has 0 radical (unpaired) electrons. The van der Waals surface area contributed by atoms with Gasteiger partial charge < -0.3 is 16.2 Å². The van der Waals surface area contributed by atoms with Crippen molar-refractivity contribution in [1.29, 1.82) is 0 Å². The van der Waals surface area contributed by atoms with Gasteiger partial charge in [0.2, 0.25) is 5.91 Å². The molecule has 0 aromatic heterocycles. The number of carbonyl (C=O) groups is 2. The normalized spacial score (nSPS) is 21.8. The van der Waals surface area contributed by atoms with Crippen LogP contribution in [0.15, 0.2) is 0 Å². The van der Waals surface area contributed by atoms with Crippen molar-refractivity contribution in [2.75, 3.05) is 6.54 Å². The zero-order chi connectivity index (χ0) is 13.1. The number of hydrogen-bond acceptors (Lipinski definition) is 3. The summed E-state index contributed by atoms with van der Waals surface area (Å²) in [5.41, 5.74) is 3.96. The molecular weight excluding hydrogens is 220 g/mol. The Balaban J connectivity index is 2.80. The lowest BCUT2D eigenvalue weighted by molar-refractivity contribution is -0.149. The smallest absolute Gasteiger partial charge is 0.329 e. The van der Waals surface area contributed by atoms with Gasteiger partial charge in [0.05, 0.1) is 5.41 Å². The van der Waals surface area contributed by atoms with E-state index in [-0.39, 0.29) is 12.5 Å². The monoisotopic (exact) mass is 242 g/mol. The second-order valence-electron chi connectivity index (χ2n) is 5.14. The molecule has 0 heterocycles. The van der Waals surface area contributed by atoms with E-state index in [2.05, 4.69) is 5.32 Å². The van der Waals surface area contributed by atoms with Crippen LogP contribution in [0.2, 0.25) is 0 Å². The summed E-state index contributed by atoms with van der Waals surface area (Å²) in [5, 5.41) is 11.8. The summed E-state index contributed by atoms with van der Waals surface area (Å²) in [6, 6.07) is 0. The number of rotatable bonds is 5. The minimum atomic E-state index is -1.19. The molecule has 1 aliphatic carbocycles. The van der Waals surface area contributed by atoms with Crippen LogP contribution >= 0.6 is 0 Å². The van der Waals surface area contributed by atoms with Crippen molar-refractivity contribution in [1.82, 2.24) is 5.32 Å². The Morgan fingerprint density at radius 1 is 1.41 bits per heavy atom. The van der Waals surface area contributed by atoms with E-state index < -0.39 is 16.9 Å². The van der Waals surface area contributed by atoms with E-state index in [0.29, 0.717) is 6.42 Å². The molecule has 1 rings (SSSR count). The maximum Gasteiger partial charge on any atom is 0.329 e. The molecule has 1 fully saturated rings. The van der Waals surface area contributed by atoms with Gasteiger partial charge in [-0.25, -0.2) is 4.79 Å². The van der Waals surface area contributed by atoms with Crippen molar-refractivity contribution in [3.8, 4) is 0 Å². The molecule has 4 N–H and O–H groups in total. The summed E-state index contributed by atoms with van der Waals surface area (Å²) >= 11 is 0. The molecule has 0 bridgehead atoms. The van der Waals surface area contributed by atoms with Gasteiger partial charge in [0, 0.05) is 6.54 Å². The number of nitrogens with one attached hydrogen (secondary N) is 1. The van der Waals surface area contributed by atoms with Crippen LogP contribution in [0.5, 0.6) is 0 Å². The highest BCUT2D eigenvalue weighted by atomic mass is 16.4. The second kappa shape index (κ2) is 5.04. The van der Waals surface area contributed by atoms with Crippen LogP contribution in [0.4, 0.5) is 0 Å². The fraction of sp³-hybridized carbons (Fsp3) is 0.833. The molecule has 1 amide bonds. The Hall–Kier alpha value is -1.10. The number of aliphatic carboxylic acids is 1. The van der Waals surface area contributed by atoms with Crippen LogP contribution in [0.25, 0.3) is 0 Å². The van der Waals surface area contributed by atoms with Gasteiger partial charge in [-0.3, -0.25) is 4.79 Å². The summed E-state index contributed by atoms with van der Waals surface area (Å²) in [6.45, 7) is 3.57. The molecule has 0 aliphatic heterocycles. The number of amides is 1. The van der Waals surface area contributed by atoms with Crippen LogP contribution < -0.4 is 11.1 Å². The van der Waals surface area contributed by atoms with E-state index in [1.807, 2.05) is 0 Å². The third-order valence-electron chi connectivity index (χ3n) is 4.00. The van der Waals surface area contributed by atoms with Gasteiger partial charge in [-0.05, 0) is 26.2 Å². The molecule has 5 heteroatoms. The van der Waals surface area contributed by atoms with Crippen molar-refractivity contribution in [3.63, 3.8) is 0 Å². The largest absolute Gasteiger partial charge is 0.480 e. The molecule has 0 aromatic rings. The topological polar surface area (TPSA) is 92.4 Å². The minimum absolute atomic E-state index is 0.204. The summed E-state index contributed by atoms with van der Waals surface area (Å²) in [4.78, 5) is 23.4. The summed E-state index contributed by atoms with van der Waals surface area (Å²) < 4.78 is 0. The first-order chi connectivity index (χ1) is 7.90. The Kier molecular flexibility index (Phi) is 4.14. The molecule has 5 nitrogen and oxygen atoms in total. The lowest BCUT2D eigenvalue weighted by Gasteiger charge is -2.32. The van der Waals surface area contributed by atoms with E-state index in [1.54, 1.807) is 6.92 Å². The highest BCUT2D eigenvalue weighted by Gasteiger charge is 2.43. The van der Waals surface area contributed by atoms with E-state index in [4.69, 9.17) is 10.8 Å². The fourth-order valence-corrected chi connectivity index (χ4v) is 2.25. The van der Waals surface area contributed by atoms with Gasteiger partial charge in [0.25, 0.3) is 0 Å². The van der Waals surface area contributed by atoms with Gasteiger partial charge in [0.1, 0.15) is 5.54 Å². The lowest BCUT2D eigenvalue weighted by atomic mass is 9.84. The highest BCUT2D eigenvalue weighted by Crippen LogP contribution is 2.37. The van der Waals surface area contributed by atoms with Crippen molar-refractivity contribution in [2.45, 2.75) is 51.5 Å². The molecule has 0 aromatic carbocycles. The lowest BCUT2D eigenvalue weighted by Crippen LogP contribution is -2.57. The van der Waals surface area contributed by atoms with Crippen LogP contribution in [0, 0.1) is 5.41 Å². The molecule has 1 unspecified atom stereocenters. The Morgan fingerprint density at radius 2 is 1.94 bits per heavy atom. The van der Waals surface area contributed by atoms with Crippen LogP contribution in [0.3, 0.4) is 0 Å². The SMILES string of the molecule is CCC(C)(NC(=O)C1(CN)CCCC1)C(=O)O. The molecule has 17 heavy (non-hydrogen) atoms. The van der Waals surface area contributed by atoms with Crippen molar-refractivity contribution >= 4 is 11.9 Å². The summed E-state index contributed by atoms with van der Waals surface area (Å²) in [7, 11) is 0. The third-order valence-corrected chi connectivity index (χ3v) is 4.00. The Morgan fingerprint density at radius 3 is 2.29 bits per heavy atom. The van der Waals surface area contributed by atoms with E-state index in [0.717, 1.165) is 25.7 Å². The van der Waals surface area contributed by atoms with E-state index >= 15 is 0 Å². The second-order valence-corrected chi connectivity index (χ2v) is 5.14. The molecule has 1 saturated carbocycles. The minimum Gasteiger partial charge on any atom is -0.480 e. The van der Waals surface area contributed by atoms with Crippen molar-refractivity contribution in [3.05, 3.63) is 0 Å². The van der Waals surface area contributed by atoms with Crippen LogP contribution in [0.1, 0.15) is 46.0 Å². The van der Waals surface area contributed by atoms with Gasteiger partial charge in [-0.15, -0.1) is 0 Å². The summed E-state index contributed by atoms with van der Waals surface area (Å²) in [5.74, 6) is -1.21.